The van der Waals surface area contributed by atoms with Gasteiger partial charge in [0.15, 0.2) is 0 Å². The second-order valence-corrected chi connectivity index (χ2v) is 4.36. The predicted octanol–water partition coefficient (Wildman–Crippen LogP) is 0.432. The Labute approximate surface area is 57.6 Å². The topological polar surface area (TPSA) is 20.3 Å². The van der Waals surface area contributed by atoms with Crippen LogP contribution in [0, 0.1) is 0 Å². The van der Waals surface area contributed by atoms with Crippen LogP contribution >= 0.6 is 11.8 Å². The maximum absolute atomic E-state index is 10.9. The molecule has 0 radical (unpaired) electrons. The second kappa shape index (κ2) is 1.15. The third-order valence-electron chi connectivity index (χ3n) is 2.34. The Balaban J connectivity index is 1.95. The first kappa shape index (κ1) is 4.61. The van der Waals surface area contributed by atoms with Gasteiger partial charge in [-0.2, -0.15) is 0 Å². The van der Waals surface area contributed by atoms with Crippen LogP contribution in [0.15, 0.2) is 0 Å². The Kier molecular flexibility index (Phi) is 0.586. The molecule has 2 nitrogen and oxygen atoms in total. The third kappa shape index (κ3) is 0.397. The molecule has 0 N–H and O–H groups in total. The van der Waals surface area contributed by atoms with Crippen molar-refractivity contribution in [2.24, 2.45) is 0 Å². The zero-order valence-electron chi connectivity index (χ0n) is 4.91. The van der Waals surface area contributed by atoms with Crippen LogP contribution in [-0.2, 0) is 4.79 Å². The molecule has 0 aromatic rings. The Morgan fingerprint density at radius 2 is 2.56 bits per heavy atom. The van der Waals surface area contributed by atoms with E-state index in [2.05, 4.69) is 4.90 Å². The van der Waals surface area contributed by atoms with Crippen molar-refractivity contribution in [3.63, 3.8) is 0 Å². The number of carbonyl (C=O) groups excluding carboxylic acids is 1. The van der Waals surface area contributed by atoms with Crippen LogP contribution in [0.25, 0.3) is 0 Å². The molecule has 1 amide bonds. The lowest BCUT2D eigenvalue weighted by molar-refractivity contribution is -0.141. The fraction of sp³-hybridized carbons (Fsp3) is 0.833. The maximum atomic E-state index is 10.9. The average molecular weight is 141 g/mol. The zero-order valence-corrected chi connectivity index (χ0v) is 5.73. The standard InChI is InChI=1S/C6H7NOS/c8-5-2-6-7(5)3-1-4(3)9-6/h3-4,6H,1-2H2. The number of hydrogen-bond donors (Lipinski definition) is 0. The van der Waals surface area contributed by atoms with Crippen LogP contribution in [0.4, 0.5) is 0 Å². The first-order chi connectivity index (χ1) is 4.36. The minimum Gasteiger partial charge on any atom is -0.326 e. The number of hydrogen-bond acceptors (Lipinski definition) is 2. The van der Waals surface area contributed by atoms with E-state index < -0.39 is 0 Å². The van der Waals surface area contributed by atoms with Crippen LogP contribution in [0.1, 0.15) is 12.8 Å². The molecule has 3 aliphatic rings. The number of carbonyl (C=O) groups is 1. The van der Waals surface area contributed by atoms with Gasteiger partial charge in [-0.3, -0.25) is 4.79 Å². The summed E-state index contributed by atoms with van der Waals surface area (Å²) in [5, 5.41) is 1.43. The summed E-state index contributed by atoms with van der Waals surface area (Å²) in [7, 11) is 0. The number of β-lactam (4-membered cyclic amide) rings is 1. The van der Waals surface area contributed by atoms with Gasteiger partial charge in [0.05, 0.1) is 11.8 Å². The molecule has 9 heavy (non-hydrogen) atoms. The summed E-state index contributed by atoms with van der Waals surface area (Å²) in [6.45, 7) is 0. The van der Waals surface area contributed by atoms with Gasteiger partial charge in [0.2, 0.25) is 5.91 Å². The van der Waals surface area contributed by atoms with Gasteiger partial charge in [-0.05, 0) is 6.42 Å². The molecule has 2 heterocycles. The molecule has 3 heteroatoms. The normalized spacial score (nSPS) is 52.2. The summed E-state index contributed by atoms with van der Waals surface area (Å²) in [5.41, 5.74) is 0. The van der Waals surface area contributed by atoms with Gasteiger partial charge in [-0.25, -0.2) is 0 Å². The predicted molar refractivity (Wildman–Crippen MR) is 35.0 cm³/mol. The molecule has 2 aliphatic heterocycles. The van der Waals surface area contributed by atoms with Gasteiger partial charge in [0.25, 0.3) is 0 Å². The van der Waals surface area contributed by atoms with Gasteiger partial charge in [-0.15, -0.1) is 11.8 Å². The van der Waals surface area contributed by atoms with Crippen molar-refractivity contribution >= 4 is 17.7 Å². The molecule has 1 aliphatic carbocycles. The van der Waals surface area contributed by atoms with E-state index in [9.17, 15) is 4.79 Å². The van der Waals surface area contributed by atoms with E-state index in [1.807, 2.05) is 11.8 Å². The molecule has 3 rings (SSSR count). The number of nitrogens with zero attached hydrogens (tertiary/aromatic N) is 1. The molecule has 0 spiro atoms. The number of rotatable bonds is 0. The van der Waals surface area contributed by atoms with Gasteiger partial charge in [-0.1, -0.05) is 0 Å². The van der Waals surface area contributed by atoms with E-state index >= 15 is 0 Å². The monoisotopic (exact) mass is 141 g/mol. The highest BCUT2D eigenvalue weighted by molar-refractivity contribution is 8.01. The average Bonchev–Trinajstić information content (AvgIpc) is 2.42. The maximum Gasteiger partial charge on any atom is 0.226 e. The van der Waals surface area contributed by atoms with Crippen molar-refractivity contribution in [1.29, 1.82) is 0 Å². The molecule has 0 aromatic heterocycles. The van der Waals surface area contributed by atoms with E-state index in [-0.39, 0.29) is 0 Å². The highest BCUT2D eigenvalue weighted by atomic mass is 32.2. The largest absolute Gasteiger partial charge is 0.326 e. The number of amides is 1. The Bertz CT molecular complexity index is 191. The molecule has 0 bridgehead atoms. The molecule has 3 fully saturated rings. The Morgan fingerprint density at radius 1 is 1.67 bits per heavy atom. The van der Waals surface area contributed by atoms with Gasteiger partial charge >= 0.3 is 0 Å². The van der Waals surface area contributed by atoms with Crippen molar-refractivity contribution in [1.82, 2.24) is 4.90 Å². The van der Waals surface area contributed by atoms with E-state index in [1.54, 1.807) is 0 Å². The zero-order chi connectivity index (χ0) is 6.01. The number of thioether (sulfide) groups is 1. The molecular formula is C6H7NOS. The van der Waals surface area contributed by atoms with Crippen molar-refractivity contribution < 1.29 is 4.79 Å². The summed E-state index contributed by atoms with van der Waals surface area (Å²) in [4.78, 5) is 12.9. The summed E-state index contributed by atoms with van der Waals surface area (Å²) >= 11 is 2.00. The third-order valence-corrected chi connectivity index (χ3v) is 3.90. The lowest BCUT2D eigenvalue weighted by Gasteiger charge is -2.35. The van der Waals surface area contributed by atoms with Crippen LogP contribution in [0.5, 0.6) is 0 Å². The van der Waals surface area contributed by atoms with Gasteiger partial charge < -0.3 is 4.90 Å². The highest BCUT2D eigenvalue weighted by Crippen LogP contribution is 2.55. The quantitative estimate of drug-likeness (QED) is 0.456. The lowest BCUT2D eigenvalue weighted by atomic mass is 10.2. The van der Waals surface area contributed by atoms with E-state index in [4.69, 9.17) is 0 Å². The van der Waals surface area contributed by atoms with E-state index in [0.717, 1.165) is 11.7 Å². The fourth-order valence-corrected chi connectivity index (χ4v) is 3.38. The molecule has 2 saturated heterocycles. The molecule has 3 atom stereocenters. The Hall–Kier alpha value is -0.180. The summed E-state index contributed by atoms with van der Waals surface area (Å²) in [6.07, 6.45) is 2.09. The molecule has 0 aromatic carbocycles. The smallest absolute Gasteiger partial charge is 0.226 e. The van der Waals surface area contributed by atoms with Crippen LogP contribution in [0.2, 0.25) is 0 Å². The van der Waals surface area contributed by atoms with Gasteiger partial charge in [0.1, 0.15) is 0 Å². The highest BCUT2D eigenvalue weighted by Gasteiger charge is 2.59. The molecule has 3 unspecified atom stereocenters. The first-order valence-corrected chi connectivity index (χ1v) is 4.27. The number of fused-ring (bicyclic) bond motifs is 3. The van der Waals surface area contributed by atoms with Crippen molar-refractivity contribution in [3.8, 4) is 0 Å². The molecule has 1 saturated carbocycles. The summed E-state index contributed by atoms with van der Waals surface area (Å²) in [5.74, 6) is 0.387. The molecular weight excluding hydrogens is 134 g/mol. The second-order valence-electron chi connectivity index (χ2n) is 2.94. The van der Waals surface area contributed by atoms with Crippen molar-refractivity contribution in [2.45, 2.75) is 29.5 Å². The Morgan fingerprint density at radius 3 is 3.11 bits per heavy atom. The summed E-state index contributed by atoms with van der Waals surface area (Å²) < 4.78 is 0. The van der Waals surface area contributed by atoms with Crippen LogP contribution < -0.4 is 0 Å². The SMILES string of the molecule is O=C1CC2SC3CC3N12. The van der Waals surface area contributed by atoms with Gasteiger partial charge in [0, 0.05) is 11.3 Å². The van der Waals surface area contributed by atoms with Crippen LogP contribution in [-0.4, -0.2) is 27.5 Å². The van der Waals surface area contributed by atoms with Crippen molar-refractivity contribution in [3.05, 3.63) is 0 Å². The summed E-state index contributed by atoms with van der Waals surface area (Å²) in [6, 6.07) is 0.668. The molecule has 48 valence electrons. The lowest BCUT2D eigenvalue weighted by Crippen LogP contribution is -2.49. The minimum absolute atomic E-state index is 0.387. The van der Waals surface area contributed by atoms with E-state index in [1.165, 1.54) is 6.42 Å². The van der Waals surface area contributed by atoms with Crippen LogP contribution in [0.3, 0.4) is 0 Å². The van der Waals surface area contributed by atoms with Crippen molar-refractivity contribution in [2.75, 3.05) is 0 Å². The minimum atomic E-state index is 0.387. The van der Waals surface area contributed by atoms with E-state index in [0.29, 0.717) is 17.3 Å². The first-order valence-electron chi connectivity index (χ1n) is 3.33. The fourth-order valence-electron chi connectivity index (χ4n) is 1.71.